The van der Waals surface area contributed by atoms with E-state index >= 15 is 0 Å². The summed E-state index contributed by atoms with van der Waals surface area (Å²) in [6.07, 6.45) is 0.922. The number of nitrogens with two attached hydrogens (primary N) is 2. The molecule has 0 aliphatic carbocycles. The molecule has 5 heteroatoms. The molecular formula is C14H23N3O2. The number of hydrogen-bond acceptors (Lipinski definition) is 4. The molecule has 0 aliphatic rings. The van der Waals surface area contributed by atoms with E-state index in [0.717, 1.165) is 12.1 Å². The zero-order valence-corrected chi connectivity index (χ0v) is 11.8. The van der Waals surface area contributed by atoms with E-state index in [9.17, 15) is 4.79 Å². The van der Waals surface area contributed by atoms with Crippen LogP contribution in [0.3, 0.4) is 0 Å². The van der Waals surface area contributed by atoms with E-state index in [4.69, 9.17) is 16.2 Å². The maximum atomic E-state index is 11.3. The smallest absolute Gasteiger partial charge is 0.224 e. The predicted molar refractivity (Wildman–Crippen MR) is 78.1 cm³/mol. The van der Waals surface area contributed by atoms with Crippen molar-refractivity contribution in [2.24, 2.45) is 11.1 Å². The standard InChI is InChI=1S/C14H23N3O2/c1-4-8-19-11-7-5-6-10(12(11)15)17-9-14(2,3)13(16)18/h5-7,17H,4,8-9,15H2,1-3H3,(H2,16,18). The Morgan fingerprint density at radius 2 is 2.11 bits per heavy atom. The molecular weight excluding hydrogens is 242 g/mol. The highest BCUT2D eigenvalue weighted by Crippen LogP contribution is 2.30. The molecule has 0 unspecified atom stereocenters. The lowest BCUT2D eigenvalue weighted by atomic mass is 9.92. The van der Waals surface area contributed by atoms with Gasteiger partial charge in [0.2, 0.25) is 5.91 Å². The Morgan fingerprint density at radius 1 is 1.42 bits per heavy atom. The highest BCUT2D eigenvalue weighted by atomic mass is 16.5. The zero-order valence-electron chi connectivity index (χ0n) is 11.8. The quantitative estimate of drug-likeness (QED) is 0.657. The molecule has 0 bridgehead atoms. The van der Waals surface area contributed by atoms with Crippen LogP contribution in [-0.4, -0.2) is 19.1 Å². The number of anilines is 2. The highest BCUT2D eigenvalue weighted by molar-refractivity contribution is 5.81. The van der Waals surface area contributed by atoms with Gasteiger partial charge in [-0.25, -0.2) is 0 Å². The van der Waals surface area contributed by atoms with Crippen molar-refractivity contribution in [1.29, 1.82) is 0 Å². The van der Waals surface area contributed by atoms with Gasteiger partial charge in [0, 0.05) is 6.54 Å². The van der Waals surface area contributed by atoms with Crippen LogP contribution < -0.4 is 21.5 Å². The number of benzene rings is 1. The first kappa shape index (κ1) is 15.1. The van der Waals surface area contributed by atoms with Gasteiger partial charge in [0.05, 0.1) is 23.4 Å². The van der Waals surface area contributed by atoms with E-state index in [2.05, 4.69) is 5.32 Å². The molecule has 0 atom stereocenters. The Kier molecular flexibility index (Phi) is 5.03. The summed E-state index contributed by atoms with van der Waals surface area (Å²) in [5.74, 6) is 0.306. The fourth-order valence-corrected chi connectivity index (χ4v) is 1.44. The molecule has 19 heavy (non-hydrogen) atoms. The number of rotatable bonds is 7. The summed E-state index contributed by atoms with van der Waals surface area (Å²) in [5, 5.41) is 3.15. The molecule has 0 spiro atoms. The Morgan fingerprint density at radius 3 is 2.68 bits per heavy atom. The lowest BCUT2D eigenvalue weighted by Gasteiger charge is -2.22. The Bertz CT molecular complexity index is 444. The fourth-order valence-electron chi connectivity index (χ4n) is 1.44. The summed E-state index contributed by atoms with van der Waals surface area (Å²) in [7, 11) is 0. The molecule has 5 nitrogen and oxygen atoms in total. The van der Waals surface area contributed by atoms with E-state index in [-0.39, 0.29) is 5.91 Å². The largest absolute Gasteiger partial charge is 0.491 e. The number of nitrogens with one attached hydrogen (secondary N) is 1. The molecule has 1 aromatic carbocycles. The molecule has 0 aliphatic heterocycles. The van der Waals surface area contributed by atoms with Crippen LogP contribution in [0.2, 0.25) is 0 Å². The molecule has 0 saturated heterocycles. The van der Waals surface area contributed by atoms with Gasteiger partial charge in [0.1, 0.15) is 5.75 Å². The monoisotopic (exact) mass is 265 g/mol. The van der Waals surface area contributed by atoms with E-state index in [1.807, 2.05) is 25.1 Å². The van der Waals surface area contributed by atoms with E-state index in [0.29, 0.717) is 24.6 Å². The Hall–Kier alpha value is -1.91. The topological polar surface area (TPSA) is 90.4 Å². The third-order valence-electron chi connectivity index (χ3n) is 2.92. The van der Waals surface area contributed by atoms with Gasteiger partial charge >= 0.3 is 0 Å². The van der Waals surface area contributed by atoms with Gasteiger partial charge in [-0.3, -0.25) is 4.79 Å². The Balaban J connectivity index is 2.76. The van der Waals surface area contributed by atoms with E-state index in [1.54, 1.807) is 13.8 Å². The van der Waals surface area contributed by atoms with Crippen LogP contribution in [0.5, 0.6) is 5.75 Å². The average Bonchev–Trinajstić information content (AvgIpc) is 2.36. The van der Waals surface area contributed by atoms with Crippen molar-refractivity contribution in [2.75, 3.05) is 24.2 Å². The highest BCUT2D eigenvalue weighted by Gasteiger charge is 2.24. The van der Waals surface area contributed by atoms with Gasteiger partial charge in [0.25, 0.3) is 0 Å². The van der Waals surface area contributed by atoms with Crippen LogP contribution >= 0.6 is 0 Å². The van der Waals surface area contributed by atoms with Crippen molar-refractivity contribution in [2.45, 2.75) is 27.2 Å². The zero-order chi connectivity index (χ0) is 14.5. The summed E-state index contributed by atoms with van der Waals surface area (Å²) in [5.41, 5.74) is 12.0. The van der Waals surface area contributed by atoms with Gasteiger partial charge in [-0.05, 0) is 32.4 Å². The summed E-state index contributed by atoms with van der Waals surface area (Å²) < 4.78 is 5.55. The van der Waals surface area contributed by atoms with Crippen LogP contribution in [0.4, 0.5) is 11.4 Å². The minimum absolute atomic E-state index is 0.350. The number of ether oxygens (including phenoxy) is 1. The number of carbonyl (C=O) groups excluding carboxylic acids is 1. The van der Waals surface area contributed by atoms with Crippen molar-refractivity contribution in [3.8, 4) is 5.75 Å². The van der Waals surface area contributed by atoms with Gasteiger partial charge in [0.15, 0.2) is 0 Å². The van der Waals surface area contributed by atoms with Crippen LogP contribution in [0.1, 0.15) is 27.2 Å². The number of primary amides is 1. The first-order valence-corrected chi connectivity index (χ1v) is 6.43. The van der Waals surface area contributed by atoms with Crippen LogP contribution in [0.15, 0.2) is 18.2 Å². The van der Waals surface area contributed by atoms with Crippen molar-refractivity contribution >= 4 is 17.3 Å². The summed E-state index contributed by atoms with van der Waals surface area (Å²) in [6.45, 7) is 6.66. The summed E-state index contributed by atoms with van der Waals surface area (Å²) >= 11 is 0. The van der Waals surface area contributed by atoms with Crippen molar-refractivity contribution in [3.05, 3.63) is 18.2 Å². The minimum atomic E-state index is -0.632. The van der Waals surface area contributed by atoms with Crippen molar-refractivity contribution < 1.29 is 9.53 Å². The van der Waals surface area contributed by atoms with E-state index < -0.39 is 5.41 Å². The Labute approximate surface area is 114 Å². The summed E-state index contributed by atoms with van der Waals surface area (Å²) in [4.78, 5) is 11.3. The number of carbonyl (C=O) groups is 1. The second-order valence-electron chi connectivity index (χ2n) is 5.17. The molecule has 0 fully saturated rings. The molecule has 0 aromatic heterocycles. The molecule has 0 saturated carbocycles. The van der Waals surface area contributed by atoms with Gasteiger partial charge in [-0.1, -0.05) is 13.0 Å². The third kappa shape index (κ3) is 4.05. The second kappa shape index (κ2) is 6.31. The molecule has 1 amide bonds. The van der Waals surface area contributed by atoms with Crippen LogP contribution in [0, 0.1) is 5.41 Å². The molecule has 0 heterocycles. The average molecular weight is 265 g/mol. The molecule has 1 rings (SSSR count). The van der Waals surface area contributed by atoms with Crippen molar-refractivity contribution in [1.82, 2.24) is 0 Å². The van der Waals surface area contributed by atoms with Gasteiger partial charge in [-0.2, -0.15) is 0 Å². The van der Waals surface area contributed by atoms with Crippen LogP contribution in [0.25, 0.3) is 0 Å². The lowest BCUT2D eigenvalue weighted by molar-refractivity contribution is -0.125. The van der Waals surface area contributed by atoms with Gasteiger partial charge < -0.3 is 21.5 Å². The van der Waals surface area contributed by atoms with E-state index in [1.165, 1.54) is 0 Å². The molecule has 106 valence electrons. The number of hydrogen-bond donors (Lipinski definition) is 3. The normalized spacial score (nSPS) is 11.1. The first-order valence-electron chi connectivity index (χ1n) is 6.43. The number of nitrogen functional groups attached to an aromatic ring is 1. The second-order valence-corrected chi connectivity index (χ2v) is 5.17. The van der Waals surface area contributed by atoms with Crippen molar-refractivity contribution in [3.63, 3.8) is 0 Å². The number of amides is 1. The summed E-state index contributed by atoms with van der Waals surface area (Å²) in [6, 6.07) is 5.54. The maximum Gasteiger partial charge on any atom is 0.224 e. The molecule has 5 N–H and O–H groups in total. The van der Waals surface area contributed by atoms with Gasteiger partial charge in [-0.15, -0.1) is 0 Å². The fraction of sp³-hybridized carbons (Fsp3) is 0.500. The minimum Gasteiger partial charge on any atom is -0.491 e. The maximum absolute atomic E-state index is 11.3. The predicted octanol–water partition coefficient (Wildman–Crippen LogP) is 1.98. The third-order valence-corrected chi connectivity index (χ3v) is 2.92. The molecule has 0 radical (unpaired) electrons. The molecule has 1 aromatic rings. The lowest BCUT2D eigenvalue weighted by Crippen LogP contribution is -2.37. The SMILES string of the molecule is CCCOc1cccc(NCC(C)(C)C(N)=O)c1N. The number of para-hydroxylation sites is 1. The van der Waals surface area contributed by atoms with Crippen LogP contribution in [-0.2, 0) is 4.79 Å². The first-order chi connectivity index (χ1) is 8.88.